The van der Waals surface area contributed by atoms with Gasteiger partial charge in [-0.1, -0.05) is 27.7 Å². The van der Waals surface area contributed by atoms with Crippen LogP contribution in [0.1, 0.15) is 47.5 Å². The van der Waals surface area contributed by atoms with Crippen molar-refractivity contribution in [2.75, 3.05) is 0 Å². The van der Waals surface area contributed by atoms with Gasteiger partial charge in [-0.2, -0.15) is 9.59 Å². The number of carbonyl (C=O) groups excluding carboxylic acids is 3. The van der Waals surface area contributed by atoms with Gasteiger partial charge in [-0.3, -0.25) is 4.79 Å². The summed E-state index contributed by atoms with van der Waals surface area (Å²) >= 11 is 0. The molecule has 1 aliphatic carbocycles. The Morgan fingerprint density at radius 2 is 1.71 bits per heavy atom. The van der Waals surface area contributed by atoms with E-state index >= 15 is 0 Å². The van der Waals surface area contributed by atoms with Crippen LogP contribution in [0.15, 0.2) is 0 Å². The standard InChI is InChI=1S/C14H28O3Si.CO2/c1-10-8-14(5,16)9-11(12(10)15)17-18(6,7)13(2,3)4;2-1-3/h10-11,16H,8-9H2,1-7H3;/t10-,11-,14-;/m1./s1. The predicted octanol–water partition coefficient (Wildman–Crippen LogP) is 2.54. The molecule has 0 aromatic heterocycles. The molecule has 0 amide bonds. The van der Waals surface area contributed by atoms with Crippen LogP contribution in [0.3, 0.4) is 0 Å². The smallest absolute Gasteiger partial charge is 0.373 e. The van der Waals surface area contributed by atoms with E-state index in [0.29, 0.717) is 12.8 Å². The van der Waals surface area contributed by atoms with E-state index in [0.717, 1.165) is 0 Å². The molecule has 0 unspecified atom stereocenters. The highest BCUT2D eigenvalue weighted by molar-refractivity contribution is 6.74. The molecule has 122 valence electrons. The molecule has 5 nitrogen and oxygen atoms in total. The van der Waals surface area contributed by atoms with Gasteiger partial charge in [-0.15, -0.1) is 0 Å². The van der Waals surface area contributed by atoms with Gasteiger partial charge < -0.3 is 9.53 Å². The summed E-state index contributed by atoms with van der Waals surface area (Å²) in [7, 11) is -1.96. The van der Waals surface area contributed by atoms with E-state index < -0.39 is 20.0 Å². The van der Waals surface area contributed by atoms with Gasteiger partial charge in [-0.05, 0) is 31.5 Å². The van der Waals surface area contributed by atoms with Crippen LogP contribution in [0.2, 0.25) is 18.1 Å². The van der Waals surface area contributed by atoms with Gasteiger partial charge in [0.2, 0.25) is 0 Å². The van der Waals surface area contributed by atoms with E-state index in [1.54, 1.807) is 6.92 Å². The molecule has 1 N–H and O–H groups in total. The minimum atomic E-state index is -1.96. The van der Waals surface area contributed by atoms with Crippen molar-refractivity contribution in [1.82, 2.24) is 0 Å². The monoisotopic (exact) mass is 316 g/mol. The van der Waals surface area contributed by atoms with Crippen molar-refractivity contribution in [1.29, 1.82) is 0 Å². The van der Waals surface area contributed by atoms with Crippen molar-refractivity contribution in [2.45, 2.75) is 77.3 Å². The first kappa shape index (κ1) is 20.2. The first-order valence-corrected chi connectivity index (χ1v) is 10.1. The van der Waals surface area contributed by atoms with Gasteiger partial charge in [0, 0.05) is 12.3 Å². The maximum Gasteiger partial charge on any atom is 0.373 e. The van der Waals surface area contributed by atoms with Crippen molar-refractivity contribution < 1.29 is 23.9 Å². The van der Waals surface area contributed by atoms with Gasteiger partial charge in [0.15, 0.2) is 14.1 Å². The fourth-order valence-corrected chi connectivity index (χ4v) is 3.56. The van der Waals surface area contributed by atoms with Gasteiger partial charge >= 0.3 is 6.15 Å². The molecule has 1 aliphatic rings. The second-order valence-corrected chi connectivity index (χ2v) is 12.4. The molecule has 0 aliphatic heterocycles. The van der Waals surface area contributed by atoms with Crippen molar-refractivity contribution >= 4 is 20.3 Å². The number of carbonyl (C=O) groups is 1. The molecule has 6 heteroatoms. The second-order valence-electron chi connectivity index (χ2n) is 7.66. The lowest BCUT2D eigenvalue weighted by Gasteiger charge is -2.43. The van der Waals surface area contributed by atoms with E-state index in [4.69, 9.17) is 14.0 Å². The van der Waals surface area contributed by atoms with Gasteiger partial charge in [-0.25, -0.2) is 0 Å². The Hall–Kier alpha value is -0.813. The molecule has 1 fully saturated rings. The maximum absolute atomic E-state index is 12.2. The summed E-state index contributed by atoms with van der Waals surface area (Å²) in [5.74, 6) is 0.0508. The minimum absolute atomic E-state index is 0.0832. The molecule has 0 spiro atoms. The number of hydrogen-bond acceptors (Lipinski definition) is 5. The molecule has 0 aromatic carbocycles. The molecule has 0 bridgehead atoms. The Morgan fingerprint density at radius 1 is 1.29 bits per heavy atom. The predicted molar refractivity (Wildman–Crippen MR) is 81.1 cm³/mol. The van der Waals surface area contributed by atoms with E-state index in [9.17, 15) is 9.90 Å². The van der Waals surface area contributed by atoms with Crippen molar-refractivity contribution in [3.05, 3.63) is 0 Å². The lowest BCUT2D eigenvalue weighted by molar-refractivity contribution is -0.191. The second kappa shape index (κ2) is 6.96. The number of rotatable bonds is 2. The fraction of sp³-hybridized carbons (Fsp3) is 0.867. The van der Waals surface area contributed by atoms with Crippen molar-refractivity contribution in [2.24, 2.45) is 5.92 Å². The van der Waals surface area contributed by atoms with Crippen molar-refractivity contribution in [3.63, 3.8) is 0 Å². The lowest BCUT2D eigenvalue weighted by atomic mass is 9.78. The number of ketones is 1. The molecule has 21 heavy (non-hydrogen) atoms. The van der Waals surface area contributed by atoms with Crippen LogP contribution in [-0.2, 0) is 18.8 Å². The van der Waals surface area contributed by atoms with Crippen LogP contribution >= 0.6 is 0 Å². The molecule has 0 radical (unpaired) electrons. The maximum atomic E-state index is 12.2. The molecule has 0 aromatic rings. The SMILES string of the molecule is C[C@@H]1C[C@@](C)(O)C[C@@H](O[Si](C)(C)C(C)(C)C)C1=O.O=C=O. The first-order valence-electron chi connectivity index (χ1n) is 7.20. The third kappa shape index (κ3) is 5.83. The normalized spacial score (nSPS) is 30.2. The highest BCUT2D eigenvalue weighted by Gasteiger charge is 2.46. The Bertz CT molecular complexity index is 403. The molecular weight excluding hydrogens is 288 g/mol. The van der Waals surface area contributed by atoms with Crippen LogP contribution in [-0.4, -0.2) is 37.1 Å². The molecular formula is C15H28O5Si. The largest absolute Gasteiger partial charge is 0.407 e. The third-order valence-corrected chi connectivity index (χ3v) is 8.90. The molecule has 1 rings (SSSR count). The zero-order valence-electron chi connectivity index (χ0n) is 14.1. The number of Topliss-reactive ketones (excluding diaryl/α,β-unsaturated/α-hetero) is 1. The Labute approximate surface area is 128 Å². The topological polar surface area (TPSA) is 80.7 Å². The van der Waals surface area contributed by atoms with Gasteiger partial charge in [0.1, 0.15) is 6.10 Å². The highest BCUT2D eigenvalue weighted by Crippen LogP contribution is 2.40. The summed E-state index contributed by atoms with van der Waals surface area (Å²) in [5.41, 5.74) is -0.777. The molecule has 3 atom stereocenters. The number of hydrogen-bond donors (Lipinski definition) is 1. The van der Waals surface area contributed by atoms with Gasteiger partial charge in [0.25, 0.3) is 0 Å². The van der Waals surface area contributed by atoms with Crippen LogP contribution in [0, 0.1) is 5.92 Å². The summed E-state index contributed by atoms with van der Waals surface area (Å²) in [6, 6.07) is 0. The minimum Gasteiger partial charge on any atom is -0.407 e. The van der Waals surface area contributed by atoms with Crippen LogP contribution in [0.5, 0.6) is 0 Å². The summed E-state index contributed by atoms with van der Waals surface area (Å²) in [6.45, 7) is 14.5. The van der Waals surface area contributed by atoms with E-state index in [1.165, 1.54) is 0 Å². The summed E-state index contributed by atoms with van der Waals surface area (Å²) in [6.07, 6.45) is 0.802. The van der Waals surface area contributed by atoms with Crippen LogP contribution in [0.25, 0.3) is 0 Å². The van der Waals surface area contributed by atoms with E-state index in [-0.39, 0.29) is 22.9 Å². The zero-order chi connectivity index (χ0) is 17.1. The van der Waals surface area contributed by atoms with Gasteiger partial charge in [0.05, 0.1) is 5.60 Å². The summed E-state index contributed by atoms with van der Waals surface area (Å²) in [5, 5.41) is 10.3. The highest BCUT2D eigenvalue weighted by atomic mass is 28.4. The fourth-order valence-electron chi connectivity index (χ4n) is 2.29. The first-order chi connectivity index (χ1) is 9.27. The Kier molecular flexibility index (Phi) is 6.69. The zero-order valence-corrected chi connectivity index (χ0v) is 15.1. The quantitative estimate of drug-likeness (QED) is 0.792. The summed E-state index contributed by atoms with van der Waals surface area (Å²) < 4.78 is 6.19. The van der Waals surface area contributed by atoms with E-state index in [2.05, 4.69) is 33.9 Å². The van der Waals surface area contributed by atoms with E-state index in [1.807, 2.05) is 6.92 Å². The third-order valence-electron chi connectivity index (χ3n) is 4.42. The molecule has 0 heterocycles. The lowest BCUT2D eigenvalue weighted by Crippen LogP contribution is -2.52. The summed E-state index contributed by atoms with van der Waals surface area (Å²) in [4.78, 5) is 28.5. The average molecular weight is 316 g/mol. The van der Waals surface area contributed by atoms with Crippen LogP contribution < -0.4 is 0 Å². The van der Waals surface area contributed by atoms with Crippen LogP contribution in [0.4, 0.5) is 0 Å². The Balaban J connectivity index is 0.00000122. The average Bonchev–Trinajstić information content (AvgIpc) is 2.23. The number of aliphatic hydroxyl groups is 1. The molecule has 0 saturated heterocycles. The Morgan fingerprint density at radius 3 is 2.10 bits per heavy atom. The molecule has 1 saturated carbocycles. The van der Waals surface area contributed by atoms with Crippen molar-refractivity contribution in [3.8, 4) is 0 Å².